The lowest BCUT2D eigenvalue weighted by Crippen LogP contribution is -2.13. The molecule has 0 heterocycles. The molecule has 0 aliphatic heterocycles. The van der Waals surface area contributed by atoms with E-state index in [4.69, 9.17) is 23.2 Å². The molecular formula is C8H10Cl2. The first kappa shape index (κ1) is 8.24. The van der Waals surface area contributed by atoms with Crippen LogP contribution in [0.2, 0.25) is 0 Å². The molecule has 0 aromatic heterocycles. The molecule has 0 amide bonds. The summed E-state index contributed by atoms with van der Waals surface area (Å²) in [5.41, 5.74) is 0. The second-order valence-electron chi connectivity index (χ2n) is 2.48. The Hall–Kier alpha value is 0.140. The Morgan fingerprint density at radius 3 is 2.80 bits per heavy atom. The van der Waals surface area contributed by atoms with Crippen molar-refractivity contribution in [2.24, 2.45) is 0 Å². The first-order valence-electron chi connectivity index (χ1n) is 3.57. The van der Waals surface area contributed by atoms with Gasteiger partial charge in [-0.05, 0) is 12.8 Å². The Morgan fingerprint density at radius 1 is 1.20 bits per heavy atom. The van der Waals surface area contributed by atoms with Crippen molar-refractivity contribution in [3.8, 4) is 11.8 Å². The maximum atomic E-state index is 5.91. The molecule has 1 rings (SSSR count). The van der Waals surface area contributed by atoms with E-state index in [0.29, 0.717) is 0 Å². The molecule has 2 unspecified atom stereocenters. The zero-order chi connectivity index (χ0) is 7.40. The van der Waals surface area contributed by atoms with Crippen LogP contribution in [0.15, 0.2) is 0 Å². The van der Waals surface area contributed by atoms with Gasteiger partial charge >= 0.3 is 0 Å². The summed E-state index contributed by atoms with van der Waals surface area (Å²) in [7, 11) is 0. The van der Waals surface area contributed by atoms with Gasteiger partial charge in [0.05, 0.1) is 5.38 Å². The van der Waals surface area contributed by atoms with Crippen LogP contribution in [0, 0.1) is 11.8 Å². The topological polar surface area (TPSA) is 0 Å². The standard InChI is InChI=1S/C8H10Cl2/c9-7-5-3-1-2-4-6-8(7)10/h7-8H,1-3,5H2. The lowest BCUT2D eigenvalue weighted by molar-refractivity contribution is 0.661. The summed E-state index contributed by atoms with van der Waals surface area (Å²) in [4.78, 5) is 0. The van der Waals surface area contributed by atoms with E-state index >= 15 is 0 Å². The highest BCUT2D eigenvalue weighted by atomic mass is 35.5. The lowest BCUT2D eigenvalue weighted by atomic mass is 10.1. The minimum absolute atomic E-state index is 0.0504. The quantitative estimate of drug-likeness (QED) is 0.394. The van der Waals surface area contributed by atoms with E-state index in [1.165, 1.54) is 6.42 Å². The van der Waals surface area contributed by atoms with Crippen molar-refractivity contribution in [2.75, 3.05) is 0 Å². The number of hydrogen-bond acceptors (Lipinski definition) is 0. The van der Waals surface area contributed by atoms with Crippen LogP contribution >= 0.6 is 23.2 Å². The Balaban J connectivity index is 2.51. The van der Waals surface area contributed by atoms with E-state index in [1.54, 1.807) is 0 Å². The molecule has 0 saturated carbocycles. The van der Waals surface area contributed by atoms with Gasteiger partial charge in [0.25, 0.3) is 0 Å². The van der Waals surface area contributed by atoms with Crippen LogP contribution in [0.3, 0.4) is 0 Å². The van der Waals surface area contributed by atoms with Gasteiger partial charge in [-0.1, -0.05) is 12.3 Å². The van der Waals surface area contributed by atoms with Crippen LogP contribution in [0.5, 0.6) is 0 Å². The van der Waals surface area contributed by atoms with Crippen molar-refractivity contribution in [1.29, 1.82) is 0 Å². The van der Waals surface area contributed by atoms with Gasteiger partial charge in [-0.2, -0.15) is 0 Å². The van der Waals surface area contributed by atoms with Gasteiger partial charge in [-0.3, -0.25) is 0 Å². The van der Waals surface area contributed by atoms with Gasteiger partial charge in [0, 0.05) is 6.42 Å². The van der Waals surface area contributed by atoms with Crippen molar-refractivity contribution in [2.45, 2.75) is 36.4 Å². The Morgan fingerprint density at radius 2 is 2.00 bits per heavy atom. The summed E-state index contributed by atoms with van der Waals surface area (Å²) >= 11 is 11.7. The summed E-state index contributed by atoms with van der Waals surface area (Å²) in [5.74, 6) is 5.92. The van der Waals surface area contributed by atoms with Crippen LogP contribution in [0.4, 0.5) is 0 Å². The normalized spacial score (nSPS) is 33.4. The molecular weight excluding hydrogens is 167 g/mol. The summed E-state index contributed by atoms with van der Waals surface area (Å²) in [6.45, 7) is 0. The Kier molecular flexibility index (Phi) is 3.39. The molecule has 0 bridgehead atoms. The zero-order valence-electron chi connectivity index (χ0n) is 5.74. The van der Waals surface area contributed by atoms with E-state index in [-0.39, 0.29) is 10.8 Å². The number of halogens is 2. The highest BCUT2D eigenvalue weighted by molar-refractivity contribution is 6.31. The van der Waals surface area contributed by atoms with Crippen molar-refractivity contribution < 1.29 is 0 Å². The molecule has 0 aromatic rings. The average molecular weight is 177 g/mol. The van der Waals surface area contributed by atoms with Gasteiger partial charge in [0.2, 0.25) is 0 Å². The monoisotopic (exact) mass is 176 g/mol. The van der Waals surface area contributed by atoms with Gasteiger partial charge in [0.15, 0.2) is 0 Å². The van der Waals surface area contributed by atoms with Gasteiger partial charge in [-0.15, -0.1) is 29.1 Å². The maximum absolute atomic E-state index is 5.91. The second-order valence-corrected chi connectivity index (χ2v) is 3.52. The number of hydrogen-bond donors (Lipinski definition) is 0. The molecule has 0 fully saturated rings. The van der Waals surface area contributed by atoms with Crippen molar-refractivity contribution in [3.63, 3.8) is 0 Å². The van der Waals surface area contributed by atoms with Crippen LogP contribution < -0.4 is 0 Å². The average Bonchev–Trinajstić information content (AvgIpc) is 1.92. The van der Waals surface area contributed by atoms with Crippen LogP contribution in [-0.4, -0.2) is 10.8 Å². The third kappa shape index (κ3) is 2.40. The fourth-order valence-corrected chi connectivity index (χ4v) is 1.38. The minimum atomic E-state index is -0.137. The van der Waals surface area contributed by atoms with Crippen LogP contribution in [-0.2, 0) is 0 Å². The number of alkyl halides is 2. The Bertz CT molecular complexity index is 154. The predicted octanol–water partition coefficient (Wildman–Crippen LogP) is 2.78. The fourth-order valence-electron chi connectivity index (χ4n) is 0.959. The summed E-state index contributed by atoms with van der Waals surface area (Å²) in [6, 6.07) is 0. The van der Waals surface area contributed by atoms with Crippen LogP contribution in [0.25, 0.3) is 0 Å². The van der Waals surface area contributed by atoms with Gasteiger partial charge < -0.3 is 0 Å². The van der Waals surface area contributed by atoms with Crippen molar-refractivity contribution in [1.82, 2.24) is 0 Å². The first-order valence-corrected chi connectivity index (χ1v) is 4.44. The smallest absolute Gasteiger partial charge is 0.111 e. The molecule has 0 radical (unpaired) electrons. The van der Waals surface area contributed by atoms with E-state index < -0.39 is 0 Å². The minimum Gasteiger partial charge on any atom is -0.120 e. The molecule has 1 aliphatic carbocycles. The predicted molar refractivity (Wildman–Crippen MR) is 45.5 cm³/mol. The Labute approximate surface area is 71.9 Å². The summed E-state index contributed by atoms with van der Waals surface area (Å²) in [6.07, 6.45) is 4.31. The lowest BCUT2D eigenvalue weighted by Gasteiger charge is -2.11. The second kappa shape index (κ2) is 4.11. The highest BCUT2D eigenvalue weighted by Gasteiger charge is 2.14. The summed E-state index contributed by atoms with van der Waals surface area (Å²) in [5, 5.41) is -0.0866. The fraction of sp³-hybridized carbons (Fsp3) is 0.750. The van der Waals surface area contributed by atoms with E-state index in [1.807, 2.05) is 0 Å². The van der Waals surface area contributed by atoms with Gasteiger partial charge in [-0.25, -0.2) is 0 Å². The maximum Gasteiger partial charge on any atom is 0.111 e. The molecule has 1 aliphatic rings. The summed E-state index contributed by atoms with van der Waals surface area (Å²) < 4.78 is 0. The third-order valence-corrected chi connectivity index (χ3v) is 2.60. The van der Waals surface area contributed by atoms with E-state index in [0.717, 1.165) is 19.3 Å². The molecule has 2 heteroatoms. The van der Waals surface area contributed by atoms with E-state index in [2.05, 4.69) is 11.8 Å². The zero-order valence-corrected chi connectivity index (χ0v) is 7.25. The van der Waals surface area contributed by atoms with Gasteiger partial charge in [0.1, 0.15) is 5.38 Å². The molecule has 0 aromatic carbocycles. The molecule has 2 atom stereocenters. The molecule has 0 nitrogen and oxygen atoms in total. The first-order chi connectivity index (χ1) is 4.80. The number of rotatable bonds is 0. The largest absolute Gasteiger partial charge is 0.120 e. The molecule has 56 valence electrons. The van der Waals surface area contributed by atoms with Crippen molar-refractivity contribution in [3.05, 3.63) is 0 Å². The third-order valence-electron chi connectivity index (χ3n) is 1.59. The van der Waals surface area contributed by atoms with Crippen molar-refractivity contribution >= 4 is 23.2 Å². The highest BCUT2D eigenvalue weighted by Crippen LogP contribution is 2.18. The SMILES string of the molecule is ClC1C#CCCCCC1Cl. The van der Waals surface area contributed by atoms with Crippen LogP contribution in [0.1, 0.15) is 25.7 Å². The molecule has 0 saturated heterocycles. The molecule has 0 spiro atoms. The van der Waals surface area contributed by atoms with E-state index in [9.17, 15) is 0 Å². The molecule has 0 N–H and O–H groups in total. The molecule has 10 heavy (non-hydrogen) atoms.